The number of halogens is 5. The fourth-order valence-corrected chi connectivity index (χ4v) is 5.90. The van der Waals surface area contributed by atoms with E-state index in [9.17, 15) is 27.2 Å². The first-order valence-corrected chi connectivity index (χ1v) is 14.3. The zero-order chi connectivity index (χ0) is 31.7. The molecule has 0 saturated heterocycles. The lowest BCUT2D eigenvalue weighted by Gasteiger charge is -2.24. The number of aromatic nitrogens is 1. The van der Waals surface area contributed by atoms with Crippen molar-refractivity contribution in [2.24, 2.45) is 4.99 Å². The van der Waals surface area contributed by atoms with Crippen molar-refractivity contribution < 1.29 is 36.6 Å². The zero-order valence-corrected chi connectivity index (χ0v) is 25.0. The molecule has 0 N–H and O–H groups in total. The zero-order valence-electron chi connectivity index (χ0n) is 23.4. The highest BCUT2D eigenvalue weighted by Crippen LogP contribution is 2.32. The molecule has 0 radical (unpaired) electrons. The molecule has 13 heteroatoms. The molecule has 0 spiro atoms. The minimum Gasteiger partial charge on any atom is -0.496 e. The van der Waals surface area contributed by atoms with E-state index >= 15 is 0 Å². The molecule has 0 unspecified atom stereocenters. The molecule has 0 amide bonds. The van der Waals surface area contributed by atoms with Gasteiger partial charge in [-0.3, -0.25) is 9.36 Å². The number of benzene rings is 3. The van der Waals surface area contributed by atoms with E-state index in [1.54, 1.807) is 56.3 Å². The lowest BCUT2D eigenvalue weighted by molar-refractivity contribution is -0.139. The quantitative estimate of drug-likeness (QED) is 0.142. The van der Waals surface area contributed by atoms with Gasteiger partial charge in [-0.15, -0.1) is 0 Å². The normalized spacial score (nSPS) is 14.7. The Kier molecular flexibility index (Phi) is 8.93. The summed E-state index contributed by atoms with van der Waals surface area (Å²) in [4.78, 5) is 31.7. The van der Waals surface area contributed by atoms with Crippen LogP contribution in [-0.2, 0) is 16.1 Å². The van der Waals surface area contributed by atoms with Crippen LogP contribution in [-0.4, -0.2) is 24.3 Å². The minimum absolute atomic E-state index is 0.0866. The monoisotopic (exact) mass is 646 g/mol. The van der Waals surface area contributed by atoms with Crippen molar-refractivity contribution in [1.82, 2.24) is 4.57 Å². The molecule has 2 heterocycles. The Labute approximate surface area is 256 Å². The highest BCUT2D eigenvalue weighted by molar-refractivity contribution is 7.07. The molecule has 0 aliphatic carbocycles. The highest BCUT2D eigenvalue weighted by Gasteiger charge is 2.33. The van der Waals surface area contributed by atoms with Crippen molar-refractivity contribution in [3.63, 3.8) is 0 Å². The molecule has 1 atom stereocenters. The molecule has 4 aromatic rings. The molecule has 1 aliphatic heterocycles. The van der Waals surface area contributed by atoms with Crippen LogP contribution >= 0.6 is 22.9 Å². The van der Waals surface area contributed by atoms with Gasteiger partial charge in [-0.25, -0.2) is 18.6 Å². The summed E-state index contributed by atoms with van der Waals surface area (Å²) in [6, 6.07) is 10.7. The Bertz CT molecular complexity index is 1960. The number of carbonyl (C=O) groups excluding carboxylic acids is 1. The van der Waals surface area contributed by atoms with E-state index in [1.165, 1.54) is 17.7 Å². The fraction of sp³-hybridized carbons (Fsp3) is 0.194. The molecular formula is C31H23ClF4N2O5S. The second kappa shape index (κ2) is 12.7. The molecule has 0 fully saturated rings. The Morgan fingerprint density at radius 3 is 2.39 bits per heavy atom. The summed E-state index contributed by atoms with van der Waals surface area (Å²) in [6.07, 6.45) is 1.57. The Hall–Kier alpha value is -4.42. The first-order chi connectivity index (χ1) is 21.0. The Morgan fingerprint density at radius 1 is 1.07 bits per heavy atom. The molecule has 228 valence electrons. The van der Waals surface area contributed by atoms with E-state index in [2.05, 4.69) is 4.99 Å². The van der Waals surface area contributed by atoms with Gasteiger partial charge in [0.15, 0.2) is 22.2 Å². The van der Waals surface area contributed by atoms with Gasteiger partial charge in [0.05, 0.1) is 35.6 Å². The second-order valence-corrected chi connectivity index (χ2v) is 11.0. The highest BCUT2D eigenvalue weighted by atomic mass is 35.5. The average Bonchev–Trinajstić information content (AvgIpc) is 3.29. The maximum Gasteiger partial charge on any atom is 0.338 e. The van der Waals surface area contributed by atoms with E-state index in [1.807, 2.05) is 0 Å². The van der Waals surface area contributed by atoms with Gasteiger partial charge in [0.1, 0.15) is 12.4 Å². The number of carbonyl (C=O) groups is 1. The predicted octanol–water partition coefficient (Wildman–Crippen LogP) is 5.60. The number of hydrogen-bond donors (Lipinski definition) is 0. The summed E-state index contributed by atoms with van der Waals surface area (Å²) in [5, 5.41) is 0.479. The van der Waals surface area contributed by atoms with Crippen molar-refractivity contribution in [2.45, 2.75) is 26.5 Å². The number of rotatable bonds is 8. The lowest BCUT2D eigenvalue weighted by atomic mass is 9.96. The summed E-state index contributed by atoms with van der Waals surface area (Å²) in [5.41, 5.74) is 1.55. The number of ether oxygens (including phenoxy) is 3. The molecule has 7 nitrogen and oxygen atoms in total. The smallest absolute Gasteiger partial charge is 0.338 e. The van der Waals surface area contributed by atoms with Crippen molar-refractivity contribution in [3.8, 4) is 11.5 Å². The molecular weight excluding hydrogens is 624 g/mol. The fourth-order valence-electron chi connectivity index (χ4n) is 4.73. The molecule has 1 aliphatic rings. The topological polar surface area (TPSA) is 79.1 Å². The third-order valence-electron chi connectivity index (χ3n) is 6.75. The number of allylic oxidation sites excluding steroid dienone is 1. The van der Waals surface area contributed by atoms with Gasteiger partial charge in [-0.2, -0.15) is 8.78 Å². The van der Waals surface area contributed by atoms with E-state index in [4.69, 9.17) is 25.8 Å². The first-order valence-electron chi connectivity index (χ1n) is 13.1. The maximum absolute atomic E-state index is 14.1. The standard InChI is InChI=1S/C31H23ClF4N2O5S/c1-4-42-30(40)24-15(2)37-31-38(27(24)17-6-8-19(32)9-7-17)29(39)23(44-31)12-16-5-10-22(41-3)18(11-16)14-43-28-25(35)20(33)13-21(34)26(28)36/h5-13,27H,4,14H2,1-3H3/b23-12+/t27-/m1/s1. The van der Waals surface area contributed by atoms with E-state index in [0.29, 0.717) is 26.6 Å². The van der Waals surface area contributed by atoms with Crippen LogP contribution in [0.2, 0.25) is 5.02 Å². The second-order valence-electron chi connectivity index (χ2n) is 9.51. The average molecular weight is 647 g/mol. The molecule has 3 aromatic carbocycles. The van der Waals surface area contributed by atoms with Crippen LogP contribution in [0.25, 0.3) is 6.08 Å². The van der Waals surface area contributed by atoms with Crippen molar-refractivity contribution in [1.29, 1.82) is 0 Å². The Morgan fingerprint density at radius 2 is 1.75 bits per heavy atom. The first kappa shape index (κ1) is 31.0. The molecule has 0 saturated carbocycles. The van der Waals surface area contributed by atoms with Crippen LogP contribution < -0.4 is 24.4 Å². The van der Waals surface area contributed by atoms with Crippen molar-refractivity contribution in [2.75, 3.05) is 13.7 Å². The molecule has 0 bridgehead atoms. The van der Waals surface area contributed by atoms with Gasteiger partial charge >= 0.3 is 5.97 Å². The summed E-state index contributed by atoms with van der Waals surface area (Å²) >= 11 is 7.19. The SMILES string of the molecule is CCOC(=O)C1=C(C)N=c2s/c(=C/c3ccc(OC)c(COc4c(F)c(F)cc(F)c4F)c3)c(=O)n2[C@@H]1c1ccc(Cl)cc1. The van der Waals surface area contributed by atoms with Crippen LogP contribution in [0.4, 0.5) is 17.6 Å². The number of hydrogen-bond acceptors (Lipinski definition) is 7. The number of fused-ring (bicyclic) bond motifs is 1. The number of esters is 1. The third-order valence-corrected chi connectivity index (χ3v) is 7.98. The largest absolute Gasteiger partial charge is 0.496 e. The summed E-state index contributed by atoms with van der Waals surface area (Å²) in [7, 11) is 1.36. The maximum atomic E-state index is 14.1. The molecule has 1 aromatic heterocycles. The lowest BCUT2D eigenvalue weighted by Crippen LogP contribution is -2.39. The van der Waals surface area contributed by atoms with Crippen molar-refractivity contribution in [3.05, 3.63) is 124 Å². The minimum atomic E-state index is -1.67. The number of methoxy groups -OCH3 is 1. The van der Waals surface area contributed by atoms with E-state index in [0.717, 1.165) is 11.3 Å². The third kappa shape index (κ3) is 5.87. The van der Waals surface area contributed by atoms with Crippen LogP contribution in [0.3, 0.4) is 0 Å². The van der Waals surface area contributed by atoms with Gasteiger partial charge < -0.3 is 14.2 Å². The molecule has 5 rings (SSSR count). The number of nitrogens with zero attached hydrogens (tertiary/aromatic N) is 2. The van der Waals surface area contributed by atoms with Gasteiger partial charge in [0.25, 0.3) is 5.56 Å². The van der Waals surface area contributed by atoms with Crippen LogP contribution in [0.1, 0.15) is 36.6 Å². The van der Waals surface area contributed by atoms with E-state index in [-0.39, 0.29) is 34.1 Å². The van der Waals surface area contributed by atoms with Gasteiger partial charge in [0, 0.05) is 16.7 Å². The predicted molar refractivity (Wildman–Crippen MR) is 155 cm³/mol. The van der Waals surface area contributed by atoms with Gasteiger partial charge in [-0.05, 0) is 55.3 Å². The van der Waals surface area contributed by atoms with Crippen LogP contribution in [0.5, 0.6) is 11.5 Å². The van der Waals surface area contributed by atoms with Crippen LogP contribution in [0.15, 0.2) is 69.6 Å². The van der Waals surface area contributed by atoms with Crippen molar-refractivity contribution >= 4 is 35.0 Å². The summed E-state index contributed by atoms with van der Waals surface area (Å²) < 4.78 is 73.0. The summed E-state index contributed by atoms with van der Waals surface area (Å²) in [6.45, 7) is 2.96. The number of thiazole rings is 1. The molecule has 44 heavy (non-hydrogen) atoms. The van der Waals surface area contributed by atoms with Crippen LogP contribution in [0, 0.1) is 23.3 Å². The van der Waals surface area contributed by atoms with Gasteiger partial charge in [-0.1, -0.05) is 41.1 Å². The summed E-state index contributed by atoms with van der Waals surface area (Å²) in [5.74, 6) is -8.10. The van der Waals surface area contributed by atoms with Gasteiger partial charge in [0.2, 0.25) is 11.6 Å². The Balaban J connectivity index is 1.58. The van der Waals surface area contributed by atoms with E-state index < -0.39 is 53.2 Å².